The highest BCUT2D eigenvalue weighted by Crippen LogP contribution is 2.22. The van der Waals surface area contributed by atoms with E-state index in [0.717, 1.165) is 24.6 Å². The summed E-state index contributed by atoms with van der Waals surface area (Å²) in [7, 11) is 0. The van der Waals surface area contributed by atoms with Crippen LogP contribution in [0.25, 0.3) is 0 Å². The van der Waals surface area contributed by atoms with Gasteiger partial charge in [0, 0.05) is 19.5 Å². The SMILES string of the molecule is O=C(O)CCC1CCN(C(=O)c2cnsn2)CC1. The lowest BCUT2D eigenvalue weighted by atomic mass is 9.92. The van der Waals surface area contributed by atoms with Gasteiger partial charge >= 0.3 is 5.97 Å². The molecule has 1 fully saturated rings. The van der Waals surface area contributed by atoms with Crippen molar-refractivity contribution in [2.45, 2.75) is 25.7 Å². The number of hydrogen-bond acceptors (Lipinski definition) is 5. The molecule has 1 N–H and O–H groups in total. The number of likely N-dealkylation sites (tertiary alicyclic amines) is 1. The lowest BCUT2D eigenvalue weighted by Crippen LogP contribution is -2.38. The van der Waals surface area contributed by atoms with E-state index >= 15 is 0 Å². The normalized spacial score (nSPS) is 16.8. The fourth-order valence-corrected chi connectivity index (χ4v) is 2.58. The molecule has 1 saturated heterocycles. The van der Waals surface area contributed by atoms with Crippen molar-refractivity contribution in [3.8, 4) is 0 Å². The van der Waals surface area contributed by atoms with Gasteiger partial charge in [-0.1, -0.05) is 0 Å². The Balaban J connectivity index is 1.80. The molecule has 7 heteroatoms. The van der Waals surface area contributed by atoms with Crippen LogP contribution in [0.5, 0.6) is 0 Å². The highest BCUT2D eigenvalue weighted by atomic mass is 32.1. The Bertz CT molecular complexity index is 413. The molecule has 0 spiro atoms. The highest BCUT2D eigenvalue weighted by Gasteiger charge is 2.24. The van der Waals surface area contributed by atoms with Crippen molar-refractivity contribution in [3.63, 3.8) is 0 Å². The molecule has 0 saturated carbocycles. The van der Waals surface area contributed by atoms with Crippen LogP contribution in [0.4, 0.5) is 0 Å². The molecule has 0 aromatic carbocycles. The third-order valence-corrected chi connectivity index (χ3v) is 3.73. The Morgan fingerprint density at radius 3 is 2.72 bits per heavy atom. The van der Waals surface area contributed by atoms with Crippen LogP contribution < -0.4 is 0 Å². The van der Waals surface area contributed by atoms with Gasteiger partial charge in [0.2, 0.25) is 0 Å². The van der Waals surface area contributed by atoms with E-state index in [9.17, 15) is 9.59 Å². The zero-order valence-corrected chi connectivity index (χ0v) is 10.7. The van der Waals surface area contributed by atoms with Gasteiger partial charge in [-0.3, -0.25) is 9.59 Å². The van der Waals surface area contributed by atoms with E-state index in [2.05, 4.69) is 8.75 Å². The predicted molar refractivity (Wildman–Crippen MR) is 65.4 cm³/mol. The van der Waals surface area contributed by atoms with Crippen molar-refractivity contribution in [1.82, 2.24) is 13.6 Å². The summed E-state index contributed by atoms with van der Waals surface area (Å²) >= 11 is 1.03. The summed E-state index contributed by atoms with van der Waals surface area (Å²) in [5.41, 5.74) is 0.406. The van der Waals surface area contributed by atoms with E-state index < -0.39 is 5.97 Å². The topological polar surface area (TPSA) is 83.4 Å². The second-order valence-electron chi connectivity index (χ2n) is 4.46. The summed E-state index contributed by atoms with van der Waals surface area (Å²) in [4.78, 5) is 24.2. The standard InChI is InChI=1S/C11H15N3O3S/c15-10(16)2-1-8-3-5-14(6-4-8)11(17)9-7-12-18-13-9/h7-8H,1-6H2,(H,15,16). The van der Waals surface area contributed by atoms with Crippen molar-refractivity contribution in [1.29, 1.82) is 0 Å². The molecule has 0 bridgehead atoms. The summed E-state index contributed by atoms with van der Waals surface area (Å²) in [6, 6.07) is 0. The van der Waals surface area contributed by atoms with Crippen LogP contribution >= 0.6 is 11.7 Å². The van der Waals surface area contributed by atoms with E-state index in [1.54, 1.807) is 4.90 Å². The Labute approximate surface area is 109 Å². The van der Waals surface area contributed by atoms with Crippen LogP contribution in [0.2, 0.25) is 0 Å². The highest BCUT2D eigenvalue weighted by molar-refractivity contribution is 6.99. The quantitative estimate of drug-likeness (QED) is 0.889. The van der Waals surface area contributed by atoms with Gasteiger partial charge in [-0.2, -0.15) is 8.75 Å². The number of carbonyl (C=O) groups is 2. The molecule has 0 unspecified atom stereocenters. The Hall–Kier alpha value is -1.50. The lowest BCUT2D eigenvalue weighted by molar-refractivity contribution is -0.137. The number of carboxylic acid groups (broad SMARTS) is 1. The molecule has 2 rings (SSSR count). The second-order valence-corrected chi connectivity index (χ2v) is 5.02. The molecular formula is C11H15N3O3S. The third-order valence-electron chi connectivity index (χ3n) is 3.25. The molecular weight excluding hydrogens is 254 g/mol. The van der Waals surface area contributed by atoms with Crippen molar-refractivity contribution in [2.24, 2.45) is 5.92 Å². The maximum absolute atomic E-state index is 12.0. The van der Waals surface area contributed by atoms with Crippen LogP contribution in [0.1, 0.15) is 36.2 Å². The Morgan fingerprint density at radius 1 is 1.44 bits per heavy atom. The Kier molecular flexibility index (Phi) is 4.24. The lowest BCUT2D eigenvalue weighted by Gasteiger charge is -2.31. The molecule has 0 radical (unpaired) electrons. The molecule has 98 valence electrons. The number of aromatic nitrogens is 2. The maximum Gasteiger partial charge on any atom is 0.303 e. The largest absolute Gasteiger partial charge is 0.481 e. The monoisotopic (exact) mass is 269 g/mol. The number of carboxylic acids is 1. The minimum Gasteiger partial charge on any atom is -0.481 e. The van der Waals surface area contributed by atoms with Crippen LogP contribution in [-0.4, -0.2) is 43.7 Å². The molecule has 0 atom stereocenters. The van der Waals surface area contributed by atoms with E-state index in [4.69, 9.17) is 5.11 Å². The van der Waals surface area contributed by atoms with Crippen LogP contribution in [-0.2, 0) is 4.79 Å². The first-order chi connectivity index (χ1) is 8.66. The predicted octanol–water partition coefficient (Wildman–Crippen LogP) is 1.26. The van der Waals surface area contributed by atoms with E-state index in [-0.39, 0.29) is 12.3 Å². The van der Waals surface area contributed by atoms with Gasteiger partial charge < -0.3 is 10.0 Å². The second kappa shape index (κ2) is 5.90. The van der Waals surface area contributed by atoms with Crippen LogP contribution in [0.3, 0.4) is 0 Å². The average molecular weight is 269 g/mol. The molecule has 1 aromatic rings. The molecule has 1 aromatic heterocycles. The first-order valence-electron chi connectivity index (χ1n) is 5.95. The minimum atomic E-state index is -0.748. The van der Waals surface area contributed by atoms with Crippen LogP contribution in [0.15, 0.2) is 6.20 Å². The van der Waals surface area contributed by atoms with E-state index in [0.29, 0.717) is 31.1 Å². The number of amides is 1. The van der Waals surface area contributed by atoms with Gasteiger partial charge in [-0.15, -0.1) is 0 Å². The summed E-state index contributed by atoms with van der Waals surface area (Å²) in [6.45, 7) is 1.36. The molecule has 1 aliphatic heterocycles. The van der Waals surface area contributed by atoms with Crippen molar-refractivity contribution in [3.05, 3.63) is 11.9 Å². The number of hydrogen-bond donors (Lipinski definition) is 1. The van der Waals surface area contributed by atoms with Crippen molar-refractivity contribution < 1.29 is 14.7 Å². The van der Waals surface area contributed by atoms with Gasteiger partial charge in [-0.25, -0.2) is 0 Å². The van der Waals surface area contributed by atoms with Crippen molar-refractivity contribution in [2.75, 3.05) is 13.1 Å². The van der Waals surface area contributed by atoms with Gasteiger partial charge in [0.05, 0.1) is 17.9 Å². The number of carbonyl (C=O) groups excluding carboxylic acids is 1. The van der Waals surface area contributed by atoms with Gasteiger partial charge in [0.15, 0.2) is 5.69 Å². The van der Waals surface area contributed by atoms with Crippen LogP contribution in [0, 0.1) is 5.92 Å². The number of aliphatic carboxylic acids is 1. The first kappa shape index (κ1) is 12.9. The fraction of sp³-hybridized carbons (Fsp3) is 0.636. The van der Waals surface area contributed by atoms with Crippen molar-refractivity contribution >= 4 is 23.6 Å². The molecule has 18 heavy (non-hydrogen) atoms. The summed E-state index contributed by atoms with van der Waals surface area (Å²) in [5, 5.41) is 8.63. The third kappa shape index (κ3) is 3.25. The zero-order valence-electron chi connectivity index (χ0n) is 9.91. The molecule has 2 heterocycles. The maximum atomic E-state index is 12.0. The molecule has 1 amide bonds. The molecule has 6 nitrogen and oxygen atoms in total. The molecule has 1 aliphatic rings. The summed E-state index contributed by atoms with van der Waals surface area (Å²) in [5.74, 6) is -0.402. The minimum absolute atomic E-state index is 0.0690. The number of rotatable bonds is 4. The zero-order chi connectivity index (χ0) is 13.0. The smallest absolute Gasteiger partial charge is 0.303 e. The first-order valence-corrected chi connectivity index (χ1v) is 6.68. The number of piperidine rings is 1. The van der Waals surface area contributed by atoms with E-state index in [1.807, 2.05) is 0 Å². The van der Waals surface area contributed by atoms with E-state index in [1.165, 1.54) is 6.20 Å². The Morgan fingerprint density at radius 2 is 2.17 bits per heavy atom. The summed E-state index contributed by atoms with van der Waals surface area (Å²) < 4.78 is 7.75. The fourth-order valence-electron chi connectivity index (χ4n) is 2.17. The molecule has 0 aliphatic carbocycles. The van der Waals surface area contributed by atoms with Gasteiger partial charge in [-0.05, 0) is 25.2 Å². The van der Waals surface area contributed by atoms with Gasteiger partial charge in [0.25, 0.3) is 5.91 Å². The number of nitrogens with zero attached hydrogens (tertiary/aromatic N) is 3. The van der Waals surface area contributed by atoms with Gasteiger partial charge in [0.1, 0.15) is 0 Å². The summed E-state index contributed by atoms with van der Waals surface area (Å²) in [6.07, 6.45) is 4.15. The average Bonchev–Trinajstić information content (AvgIpc) is 2.90.